The Bertz CT molecular complexity index is 390. The molecule has 3 heteroatoms. The van der Waals surface area contributed by atoms with Crippen LogP contribution in [0.2, 0.25) is 0 Å². The third-order valence-electron chi connectivity index (χ3n) is 2.92. The average Bonchev–Trinajstić information content (AvgIpc) is 2.27. The Hall–Kier alpha value is -1.35. The van der Waals surface area contributed by atoms with Crippen LogP contribution in [0.4, 0.5) is 0 Å². The molecule has 1 amide bonds. The first kappa shape index (κ1) is 14.7. The molecule has 0 aromatic heterocycles. The van der Waals surface area contributed by atoms with Gasteiger partial charge in [0.2, 0.25) is 0 Å². The number of benzene rings is 1. The van der Waals surface area contributed by atoms with Crippen LogP contribution < -0.4 is 10.6 Å². The largest absolute Gasteiger partial charge is 0.351 e. The van der Waals surface area contributed by atoms with Crippen LogP contribution in [0.1, 0.15) is 40.4 Å². The molecular formula is C15H24N2O. The highest BCUT2D eigenvalue weighted by atomic mass is 16.1. The molecule has 0 saturated carbocycles. The Balaban J connectivity index is 2.57. The topological polar surface area (TPSA) is 41.1 Å². The third kappa shape index (κ3) is 4.15. The van der Waals surface area contributed by atoms with Gasteiger partial charge < -0.3 is 10.6 Å². The van der Waals surface area contributed by atoms with Crippen molar-refractivity contribution in [3.63, 3.8) is 0 Å². The van der Waals surface area contributed by atoms with Crippen LogP contribution in [0.3, 0.4) is 0 Å². The molecule has 0 saturated heterocycles. The van der Waals surface area contributed by atoms with E-state index in [1.165, 1.54) is 5.56 Å². The predicted molar refractivity (Wildman–Crippen MR) is 76.1 cm³/mol. The summed E-state index contributed by atoms with van der Waals surface area (Å²) in [4.78, 5) is 12.1. The van der Waals surface area contributed by atoms with Crippen LogP contribution in [0.15, 0.2) is 12.1 Å². The van der Waals surface area contributed by atoms with Gasteiger partial charge in [0.05, 0.1) is 0 Å². The fourth-order valence-corrected chi connectivity index (χ4v) is 2.19. The van der Waals surface area contributed by atoms with Crippen molar-refractivity contribution in [1.82, 2.24) is 10.6 Å². The predicted octanol–water partition coefficient (Wildman–Crippen LogP) is 2.34. The van der Waals surface area contributed by atoms with Crippen molar-refractivity contribution >= 4 is 5.91 Å². The van der Waals surface area contributed by atoms with Gasteiger partial charge in [0.15, 0.2) is 0 Å². The molecule has 0 heterocycles. The lowest BCUT2D eigenvalue weighted by Crippen LogP contribution is -2.32. The van der Waals surface area contributed by atoms with Gasteiger partial charge in [-0.3, -0.25) is 4.79 Å². The van der Waals surface area contributed by atoms with Crippen molar-refractivity contribution in [1.29, 1.82) is 0 Å². The monoisotopic (exact) mass is 248 g/mol. The standard InChI is InChI=1S/C15H24N2O/c1-5-6-16-7-8-17-15(18)14-12(3)9-11(2)10-13(14)4/h9-10,16H,5-8H2,1-4H3,(H,17,18). The molecule has 0 atom stereocenters. The zero-order valence-corrected chi connectivity index (χ0v) is 11.9. The summed E-state index contributed by atoms with van der Waals surface area (Å²) in [6.45, 7) is 10.7. The molecule has 100 valence electrons. The lowest BCUT2D eigenvalue weighted by Gasteiger charge is -2.12. The van der Waals surface area contributed by atoms with Crippen LogP contribution in [-0.4, -0.2) is 25.5 Å². The number of carbonyl (C=O) groups is 1. The fraction of sp³-hybridized carbons (Fsp3) is 0.533. The van der Waals surface area contributed by atoms with Gasteiger partial charge >= 0.3 is 0 Å². The van der Waals surface area contributed by atoms with Gasteiger partial charge in [-0.25, -0.2) is 0 Å². The van der Waals surface area contributed by atoms with E-state index in [2.05, 4.69) is 36.6 Å². The first-order valence-corrected chi connectivity index (χ1v) is 6.63. The SMILES string of the molecule is CCCNCCNC(=O)c1c(C)cc(C)cc1C. The Morgan fingerprint density at radius 2 is 1.67 bits per heavy atom. The van der Waals surface area contributed by atoms with E-state index in [9.17, 15) is 4.79 Å². The van der Waals surface area contributed by atoms with Crippen molar-refractivity contribution in [3.05, 3.63) is 34.4 Å². The van der Waals surface area contributed by atoms with E-state index in [4.69, 9.17) is 0 Å². The molecule has 0 unspecified atom stereocenters. The summed E-state index contributed by atoms with van der Waals surface area (Å²) in [6.07, 6.45) is 1.12. The molecule has 1 aromatic rings. The number of hydrogen-bond acceptors (Lipinski definition) is 2. The molecule has 2 N–H and O–H groups in total. The highest BCUT2D eigenvalue weighted by molar-refractivity contribution is 5.97. The van der Waals surface area contributed by atoms with E-state index in [0.29, 0.717) is 6.54 Å². The molecule has 1 rings (SSSR count). The number of carbonyl (C=O) groups excluding carboxylic acids is 1. The molecule has 0 radical (unpaired) electrons. The second-order valence-electron chi connectivity index (χ2n) is 4.78. The van der Waals surface area contributed by atoms with Gasteiger partial charge in [-0.1, -0.05) is 24.6 Å². The van der Waals surface area contributed by atoms with Crippen LogP contribution in [0.25, 0.3) is 0 Å². The molecule has 18 heavy (non-hydrogen) atoms. The molecule has 0 aliphatic carbocycles. The molecule has 0 spiro atoms. The zero-order chi connectivity index (χ0) is 13.5. The Morgan fingerprint density at radius 3 is 2.22 bits per heavy atom. The quantitative estimate of drug-likeness (QED) is 0.759. The number of nitrogens with one attached hydrogen (secondary N) is 2. The summed E-state index contributed by atoms with van der Waals surface area (Å²) >= 11 is 0. The molecule has 0 aliphatic rings. The molecule has 0 aliphatic heterocycles. The van der Waals surface area contributed by atoms with Gasteiger partial charge in [0.25, 0.3) is 5.91 Å². The first-order valence-electron chi connectivity index (χ1n) is 6.63. The zero-order valence-electron chi connectivity index (χ0n) is 11.9. The van der Waals surface area contributed by atoms with Crippen molar-refractivity contribution < 1.29 is 4.79 Å². The van der Waals surface area contributed by atoms with E-state index in [-0.39, 0.29) is 5.91 Å². The van der Waals surface area contributed by atoms with E-state index in [1.54, 1.807) is 0 Å². The number of aryl methyl sites for hydroxylation is 3. The molecule has 0 fully saturated rings. The summed E-state index contributed by atoms with van der Waals surface area (Å²) in [5.41, 5.74) is 4.11. The fourth-order valence-electron chi connectivity index (χ4n) is 2.19. The lowest BCUT2D eigenvalue weighted by atomic mass is 9.99. The smallest absolute Gasteiger partial charge is 0.251 e. The minimum Gasteiger partial charge on any atom is -0.351 e. The van der Waals surface area contributed by atoms with Crippen LogP contribution in [0.5, 0.6) is 0 Å². The average molecular weight is 248 g/mol. The summed E-state index contributed by atoms with van der Waals surface area (Å²) in [7, 11) is 0. The summed E-state index contributed by atoms with van der Waals surface area (Å²) < 4.78 is 0. The minimum atomic E-state index is 0.0308. The summed E-state index contributed by atoms with van der Waals surface area (Å²) in [6, 6.07) is 4.11. The molecule has 3 nitrogen and oxygen atoms in total. The summed E-state index contributed by atoms with van der Waals surface area (Å²) in [5, 5.41) is 6.22. The third-order valence-corrected chi connectivity index (χ3v) is 2.92. The molecule has 0 bridgehead atoms. The number of amides is 1. The van der Waals surface area contributed by atoms with Gasteiger partial charge in [0.1, 0.15) is 0 Å². The van der Waals surface area contributed by atoms with Crippen molar-refractivity contribution in [2.24, 2.45) is 0 Å². The number of hydrogen-bond donors (Lipinski definition) is 2. The van der Waals surface area contributed by atoms with E-state index >= 15 is 0 Å². The van der Waals surface area contributed by atoms with Crippen molar-refractivity contribution in [3.8, 4) is 0 Å². The minimum absolute atomic E-state index is 0.0308. The maximum absolute atomic E-state index is 12.1. The Kier molecular flexibility index (Phi) is 5.86. The highest BCUT2D eigenvalue weighted by Crippen LogP contribution is 2.15. The van der Waals surface area contributed by atoms with Crippen LogP contribution in [0, 0.1) is 20.8 Å². The van der Waals surface area contributed by atoms with Gasteiger partial charge in [-0.05, 0) is 44.9 Å². The highest BCUT2D eigenvalue weighted by Gasteiger charge is 2.11. The van der Waals surface area contributed by atoms with E-state index < -0.39 is 0 Å². The lowest BCUT2D eigenvalue weighted by molar-refractivity contribution is 0.0952. The van der Waals surface area contributed by atoms with Crippen molar-refractivity contribution in [2.45, 2.75) is 34.1 Å². The maximum atomic E-state index is 12.1. The van der Waals surface area contributed by atoms with Gasteiger partial charge in [-0.15, -0.1) is 0 Å². The van der Waals surface area contributed by atoms with Crippen LogP contribution >= 0.6 is 0 Å². The second kappa shape index (κ2) is 7.17. The Labute approximate surface area is 110 Å². The molecule has 1 aromatic carbocycles. The first-order chi connectivity index (χ1) is 8.56. The van der Waals surface area contributed by atoms with E-state index in [0.717, 1.165) is 36.2 Å². The molecular weight excluding hydrogens is 224 g/mol. The van der Waals surface area contributed by atoms with E-state index in [1.807, 2.05) is 13.8 Å². The van der Waals surface area contributed by atoms with Crippen LogP contribution in [-0.2, 0) is 0 Å². The second-order valence-corrected chi connectivity index (χ2v) is 4.78. The number of rotatable bonds is 6. The van der Waals surface area contributed by atoms with Gasteiger partial charge in [-0.2, -0.15) is 0 Å². The van der Waals surface area contributed by atoms with Crippen molar-refractivity contribution in [2.75, 3.05) is 19.6 Å². The Morgan fingerprint density at radius 1 is 1.06 bits per heavy atom. The summed E-state index contributed by atoms with van der Waals surface area (Å²) in [5.74, 6) is 0.0308. The van der Waals surface area contributed by atoms with Gasteiger partial charge in [0, 0.05) is 18.7 Å². The normalized spacial score (nSPS) is 10.4. The maximum Gasteiger partial charge on any atom is 0.251 e.